The van der Waals surface area contributed by atoms with E-state index in [2.05, 4.69) is 55.9 Å². The van der Waals surface area contributed by atoms with Crippen LogP contribution >= 0.6 is 15.9 Å². The van der Waals surface area contributed by atoms with Gasteiger partial charge in [-0.25, -0.2) is 0 Å². The van der Waals surface area contributed by atoms with Crippen LogP contribution in [0.5, 0.6) is 0 Å². The number of carbonyl (C=O) groups excluding carboxylic acids is 1. The molecule has 0 aromatic carbocycles. The minimum atomic E-state index is 0.127. The zero-order chi connectivity index (χ0) is 12.6. The molecular weight excluding hydrogens is 266 g/mol. The predicted octanol–water partition coefficient (Wildman–Crippen LogP) is 3.35. The Morgan fingerprint density at radius 3 is 2.31 bits per heavy atom. The average molecular weight is 290 g/mol. The molecule has 1 aliphatic carbocycles. The Morgan fingerprint density at radius 2 is 2.00 bits per heavy atom. The van der Waals surface area contributed by atoms with Crippen molar-refractivity contribution in [2.24, 2.45) is 16.7 Å². The minimum Gasteiger partial charge on any atom is -0.353 e. The fourth-order valence-electron chi connectivity index (χ4n) is 2.02. The molecule has 2 unspecified atom stereocenters. The quantitative estimate of drug-likeness (QED) is 0.790. The lowest BCUT2D eigenvalue weighted by Gasteiger charge is -2.31. The molecule has 1 amide bonds. The second-order valence-electron chi connectivity index (χ2n) is 6.65. The molecule has 2 nitrogen and oxygen atoms in total. The van der Waals surface area contributed by atoms with Crippen molar-refractivity contribution in [3.63, 3.8) is 0 Å². The van der Waals surface area contributed by atoms with E-state index in [9.17, 15) is 4.79 Å². The molecule has 16 heavy (non-hydrogen) atoms. The SMILES string of the molecule is CC(C)(C)C(CCBr)NC(=O)C1CC1(C)C. The van der Waals surface area contributed by atoms with Crippen molar-refractivity contribution in [2.45, 2.75) is 53.5 Å². The Balaban J connectivity index is 2.53. The van der Waals surface area contributed by atoms with Gasteiger partial charge in [-0.3, -0.25) is 4.79 Å². The first kappa shape index (κ1) is 14.0. The number of hydrogen-bond donors (Lipinski definition) is 1. The number of halogens is 1. The summed E-state index contributed by atoms with van der Waals surface area (Å²) >= 11 is 3.46. The van der Waals surface area contributed by atoms with E-state index in [1.165, 1.54) is 0 Å². The predicted molar refractivity (Wildman–Crippen MR) is 71.7 cm³/mol. The number of alkyl halides is 1. The van der Waals surface area contributed by atoms with Gasteiger partial charge in [-0.05, 0) is 23.7 Å². The highest BCUT2D eigenvalue weighted by Crippen LogP contribution is 2.51. The molecule has 94 valence electrons. The zero-order valence-corrected chi connectivity index (χ0v) is 12.6. The maximum Gasteiger partial charge on any atom is 0.223 e. The van der Waals surface area contributed by atoms with E-state index in [-0.39, 0.29) is 28.7 Å². The summed E-state index contributed by atoms with van der Waals surface area (Å²) in [7, 11) is 0. The van der Waals surface area contributed by atoms with Crippen LogP contribution in [0.2, 0.25) is 0 Å². The molecule has 0 aromatic rings. The third-order valence-electron chi connectivity index (χ3n) is 3.59. The number of rotatable bonds is 4. The molecule has 0 spiro atoms. The molecule has 0 bridgehead atoms. The lowest BCUT2D eigenvalue weighted by Crippen LogP contribution is -2.45. The van der Waals surface area contributed by atoms with E-state index in [0.29, 0.717) is 0 Å². The molecule has 0 aliphatic heterocycles. The van der Waals surface area contributed by atoms with E-state index < -0.39 is 0 Å². The van der Waals surface area contributed by atoms with Gasteiger partial charge in [0.25, 0.3) is 0 Å². The second kappa shape index (κ2) is 4.67. The first-order chi connectivity index (χ1) is 7.18. The number of hydrogen-bond acceptors (Lipinski definition) is 1. The van der Waals surface area contributed by atoms with Crippen LogP contribution in [0.3, 0.4) is 0 Å². The van der Waals surface area contributed by atoms with E-state index in [0.717, 1.165) is 18.2 Å². The van der Waals surface area contributed by atoms with Crippen LogP contribution in [-0.2, 0) is 4.79 Å². The Bertz CT molecular complexity index is 268. The van der Waals surface area contributed by atoms with Crippen molar-refractivity contribution >= 4 is 21.8 Å². The van der Waals surface area contributed by atoms with E-state index >= 15 is 0 Å². The summed E-state index contributed by atoms with van der Waals surface area (Å²) in [5.74, 6) is 0.471. The fourth-order valence-corrected chi connectivity index (χ4v) is 2.48. The van der Waals surface area contributed by atoms with E-state index in [1.807, 2.05) is 0 Å². The van der Waals surface area contributed by atoms with Gasteiger partial charge in [0, 0.05) is 17.3 Å². The Hall–Kier alpha value is -0.0500. The Morgan fingerprint density at radius 1 is 1.50 bits per heavy atom. The van der Waals surface area contributed by atoms with Gasteiger partial charge in [-0.1, -0.05) is 50.5 Å². The summed E-state index contributed by atoms with van der Waals surface area (Å²) in [6, 6.07) is 0.260. The summed E-state index contributed by atoms with van der Waals surface area (Å²) in [5, 5.41) is 4.14. The van der Waals surface area contributed by atoms with E-state index in [4.69, 9.17) is 0 Å². The van der Waals surface area contributed by atoms with Crippen LogP contribution < -0.4 is 5.32 Å². The average Bonchev–Trinajstić information content (AvgIpc) is 2.73. The third kappa shape index (κ3) is 3.47. The monoisotopic (exact) mass is 289 g/mol. The molecule has 2 atom stereocenters. The van der Waals surface area contributed by atoms with Crippen molar-refractivity contribution in [1.82, 2.24) is 5.32 Å². The lowest BCUT2D eigenvalue weighted by molar-refractivity contribution is -0.124. The maximum atomic E-state index is 12.0. The largest absolute Gasteiger partial charge is 0.353 e. The van der Waals surface area contributed by atoms with Gasteiger partial charge in [0.2, 0.25) is 5.91 Å². The first-order valence-electron chi connectivity index (χ1n) is 6.05. The smallest absolute Gasteiger partial charge is 0.223 e. The van der Waals surface area contributed by atoms with Crippen molar-refractivity contribution in [3.05, 3.63) is 0 Å². The van der Waals surface area contributed by atoms with Crippen molar-refractivity contribution in [3.8, 4) is 0 Å². The Kier molecular flexibility index (Phi) is 4.09. The molecule has 0 aromatic heterocycles. The highest BCUT2D eigenvalue weighted by molar-refractivity contribution is 9.09. The minimum absolute atomic E-state index is 0.127. The van der Waals surface area contributed by atoms with Crippen LogP contribution in [-0.4, -0.2) is 17.3 Å². The molecule has 1 N–H and O–H groups in total. The highest BCUT2D eigenvalue weighted by atomic mass is 79.9. The van der Waals surface area contributed by atoms with Crippen LogP contribution in [0.4, 0.5) is 0 Å². The molecule has 1 saturated carbocycles. The molecule has 0 saturated heterocycles. The zero-order valence-electron chi connectivity index (χ0n) is 11.1. The summed E-state index contributed by atoms with van der Waals surface area (Å²) < 4.78 is 0. The summed E-state index contributed by atoms with van der Waals surface area (Å²) in [4.78, 5) is 12.0. The van der Waals surface area contributed by atoms with Gasteiger partial charge in [0.05, 0.1) is 0 Å². The van der Waals surface area contributed by atoms with Crippen LogP contribution in [0.15, 0.2) is 0 Å². The third-order valence-corrected chi connectivity index (χ3v) is 4.05. The van der Waals surface area contributed by atoms with Crippen molar-refractivity contribution in [1.29, 1.82) is 0 Å². The number of nitrogens with one attached hydrogen (secondary N) is 1. The standard InChI is InChI=1S/C13H24BrNO/c1-12(2,3)10(6-7-14)15-11(16)9-8-13(9,4)5/h9-10H,6-8H2,1-5H3,(H,15,16). The van der Waals surface area contributed by atoms with Crippen LogP contribution in [0, 0.1) is 16.7 Å². The van der Waals surface area contributed by atoms with Crippen LogP contribution in [0.25, 0.3) is 0 Å². The first-order valence-corrected chi connectivity index (χ1v) is 7.17. The molecule has 1 rings (SSSR count). The number of carbonyl (C=O) groups is 1. The van der Waals surface area contributed by atoms with Gasteiger partial charge in [-0.15, -0.1) is 0 Å². The second-order valence-corrected chi connectivity index (χ2v) is 7.44. The van der Waals surface area contributed by atoms with E-state index in [1.54, 1.807) is 0 Å². The fraction of sp³-hybridized carbons (Fsp3) is 0.923. The molecular formula is C13H24BrNO. The summed E-state index contributed by atoms with van der Waals surface area (Å²) in [6.45, 7) is 10.9. The number of amides is 1. The maximum absolute atomic E-state index is 12.0. The summed E-state index contributed by atoms with van der Waals surface area (Å²) in [5.41, 5.74) is 0.351. The van der Waals surface area contributed by atoms with Crippen LogP contribution in [0.1, 0.15) is 47.5 Å². The van der Waals surface area contributed by atoms with Gasteiger partial charge < -0.3 is 5.32 Å². The van der Waals surface area contributed by atoms with Crippen molar-refractivity contribution < 1.29 is 4.79 Å². The molecule has 1 aliphatic rings. The summed E-state index contributed by atoms with van der Waals surface area (Å²) in [6.07, 6.45) is 2.02. The molecule has 1 fully saturated rings. The molecule has 0 radical (unpaired) electrons. The van der Waals surface area contributed by atoms with Gasteiger partial charge in [0.1, 0.15) is 0 Å². The van der Waals surface area contributed by atoms with Gasteiger partial charge in [-0.2, -0.15) is 0 Å². The Labute approximate surface area is 108 Å². The molecule has 3 heteroatoms. The normalized spacial score (nSPS) is 25.0. The van der Waals surface area contributed by atoms with Crippen molar-refractivity contribution in [2.75, 3.05) is 5.33 Å². The topological polar surface area (TPSA) is 29.1 Å². The lowest BCUT2D eigenvalue weighted by atomic mass is 9.85. The van der Waals surface area contributed by atoms with Gasteiger partial charge in [0.15, 0.2) is 0 Å². The molecule has 0 heterocycles. The van der Waals surface area contributed by atoms with Gasteiger partial charge >= 0.3 is 0 Å². The highest BCUT2D eigenvalue weighted by Gasteiger charge is 2.51.